The number of rotatable bonds is 4. The molecule has 0 N–H and O–H groups in total. The maximum atomic E-state index is 12.2. The quantitative estimate of drug-likeness (QED) is 0.374. The predicted octanol–water partition coefficient (Wildman–Crippen LogP) is 3.81. The molecule has 5 rings (SSSR count). The molecule has 3 aromatic rings. The molecule has 152 valence electrons. The molecule has 0 atom stereocenters. The fourth-order valence-corrected chi connectivity index (χ4v) is 3.94. The Bertz CT molecular complexity index is 1220. The van der Waals surface area contributed by atoms with E-state index in [4.69, 9.17) is 18.6 Å². The molecule has 30 heavy (non-hydrogen) atoms. The number of benzene rings is 2. The minimum absolute atomic E-state index is 0.00516. The third-order valence-electron chi connectivity index (χ3n) is 5.39. The highest BCUT2D eigenvalue weighted by atomic mass is 16.6. The van der Waals surface area contributed by atoms with Crippen LogP contribution >= 0.6 is 0 Å². The molecule has 6 heteroatoms. The number of hydrogen-bond donors (Lipinski definition) is 0. The maximum absolute atomic E-state index is 12.2. The first-order chi connectivity index (χ1) is 14.7. The van der Waals surface area contributed by atoms with Crippen molar-refractivity contribution in [2.24, 2.45) is 0 Å². The van der Waals surface area contributed by atoms with E-state index in [2.05, 4.69) is 6.07 Å². The summed E-state index contributed by atoms with van der Waals surface area (Å²) in [6.07, 6.45) is 6.13. The molecule has 2 aromatic carbocycles. The Hall–Kier alpha value is -3.54. The summed E-state index contributed by atoms with van der Waals surface area (Å²) < 4.78 is 21.8. The van der Waals surface area contributed by atoms with Crippen LogP contribution in [0.1, 0.15) is 28.7 Å². The molecule has 2 heterocycles. The van der Waals surface area contributed by atoms with Crippen LogP contribution in [0.2, 0.25) is 0 Å². The van der Waals surface area contributed by atoms with E-state index in [-0.39, 0.29) is 6.61 Å². The van der Waals surface area contributed by atoms with Crippen LogP contribution in [-0.4, -0.2) is 19.2 Å². The van der Waals surface area contributed by atoms with Gasteiger partial charge in [0.25, 0.3) is 0 Å². The second-order valence-electron chi connectivity index (χ2n) is 7.41. The number of carbonyl (C=O) groups is 1. The predicted molar refractivity (Wildman–Crippen MR) is 111 cm³/mol. The molecule has 6 nitrogen and oxygen atoms in total. The van der Waals surface area contributed by atoms with Gasteiger partial charge in [0, 0.05) is 23.1 Å². The number of carbonyl (C=O) groups excluding carboxylic acids is 1. The molecule has 1 aromatic heterocycles. The van der Waals surface area contributed by atoms with Crippen molar-refractivity contribution in [1.82, 2.24) is 0 Å². The van der Waals surface area contributed by atoms with E-state index >= 15 is 0 Å². The Morgan fingerprint density at radius 1 is 1.00 bits per heavy atom. The second-order valence-corrected chi connectivity index (χ2v) is 7.41. The lowest BCUT2D eigenvalue weighted by Crippen LogP contribution is -2.15. The lowest BCUT2D eigenvalue weighted by atomic mass is 10.0. The minimum atomic E-state index is -0.493. The molecule has 0 amide bonds. The summed E-state index contributed by atoms with van der Waals surface area (Å²) in [4.78, 5) is 24.2. The first-order valence-corrected chi connectivity index (χ1v) is 9.99. The summed E-state index contributed by atoms with van der Waals surface area (Å²) >= 11 is 0. The van der Waals surface area contributed by atoms with Crippen molar-refractivity contribution in [1.29, 1.82) is 0 Å². The van der Waals surface area contributed by atoms with E-state index in [0.717, 1.165) is 30.2 Å². The highest BCUT2D eigenvalue weighted by molar-refractivity contribution is 5.88. The SMILES string of the molecule is O=C(/C=C/c1ccc2c(c1)OCCO2)OCc1cc(=O)oc2cc3c(cc12)CCC3. The van der Waals surface area contributed by atoms with Gasteiger partial charge in [0.1, 0.15) is 25.4 Å². The molecule has 0 bridgehead atoms. The lowest BCUT2D eigenvalue weighted by molar-refractivity contribution is -0.138. The van der Waals surface area contributed by atoms with E-state index in [1.165, 1.54) is 23.3 Å². The van der Waals surface area contributed by atoms with Crippen LogP contribution in [0, 0.1) is 0 Å². The van der Waals surface area contributed by atoms with Gasteiger partial charge in [-0.05, 0) is 66.3 Å². The summed E-state index contributed by atoms with van der Waals surface area (Å²) in [7, 11) is 0. The molecule has 0 unspecified atom stereocenters. The van der Waals surface area contributed by atoms with Crippen molar-refractivity contribution in [3.8, 4) is 11.5 Å². The highest BCUT2D eigenvalue weighted by Gasteiger charge is 2.16. The van der Waals surface area contributed by atoms with Gasteiger partial charge in [-0.1, -0.05) is 6.07 Å². The zero-order valence-corrected chi connectivity index (χ0v) is 16.3. The van der Waals surface area contributed by atoms with E-state index in [1.807, 2.05) is 24.3 Å². The van der Waals surface area contributed by atoms with Gasteiger partial charge in [-0.3, -0.25) is 0 Å². The van der Waals surface area contributed by atoms with Crippen LogP contribution in [0.3, 0.4) is 0 Å². The summed E-state index contributed by atoms with van der Waals surface area (Å²) in [5, 5.41) is 0.818. The lowest BCUT2D eigenvalue weighted by Gasteiger charge is -2.18. The zero-order valence-electron chi connectivity index (χ0n) is 16.3. The topological polar surface area (TPSA) is 75.0 Å². The second kappa shape index (κ2) is 7.71. The molecule has 0 saturated carbocycles. The molecule has 0 spiro atoms. The number of fused-ring (bicyclic) bond motifs is 3. The highest BCUT2D eigenvalue weighted by Crippen LogP contribution is 2.31. The van der Waals surface area contributed by atoms with Gasteiger partial charge >= 0.3 is 11.6 Å². The summed E-state index contributed by atoms with van der Waals surface area (Å²) in [5.74, 6) is 0.862. The van der Waals surface area contributed by atoms with Crippen molar-refractivity contribution in [3.63, 3.8) is 0 Å². The van der Waals surface area contributed by atoms with Crippen molar-refractivity contribution in [3.05, 3.63) is 75.1 Å². The molecule has 1 aliphatic heterocycles. The van der Waals surface area contributed by atoms with Crippen molar-refractivity contribution in [2.45, 2.75) is 25.9 Å². The third kappa shape index (κ3) is 3.68. The molecular formula is C24H20O6. The van der Waals surface area contributed by atoms with Gasteiger partial charge < -0.3 is 18.6 Å². The fourth-order valence-electron chi connectivity index (χ4n) is 3.94. The Balaban J connectivity index is 1.31. The number of aryl methyl sites for hydroxylation is 2. The van der Waals surface area contributed by atoms with Gasteiger partial charge in [0.2, 0.25) is 0 Å². The Morgan fingerprint density at radius 2 is 1.80 bits per heavy atom. The molecule has 0 radical (unpaired) electrons. The molecule has 0 fully saturated rings. The summed E-state index contributed by atoms with van der Waals surface area (Å²) in [6, 6.07) is 10.8. The number of esters is 1. The van der Waals surface area contributed by atoms with E-state index in [0.29, 0.717) is 35.9 Å². The minimum Gasteiger partial charge on any atom is -0.486 e. The first kappa shape index (κ1) is 18.5. The Morgan fingerprint density at radius 3 is 2.67 bits per heavy atom. The van der Waals surface area contributed by atoms with E-state index in [9.17, 15) is 9.59 Å². The standard InChI is InChI=1S/C24H20O6/c25-23(7-5-15-4-6-20-22(10-15)28-9-8-27-20)29-14-18-13-24(26)30-21-12-17-3-1-2-16(17)11-19(18)21/h4-7,10-13H,1-3,8-9,14H2/b7-5+. The number of hydrogen-bond acceptors (Lipinski definition) is 6. The maximum Gasteiger partial charge on any atom is 0.336 e. The first-order valence-electron chi connectivity index (χ1n) is 9.99. The smallest absolute Gasteiger partial charge is 0.336 e. The van der Waals surface area contributed by atoms with Crippen LogP contribution < -0.4 is 15.1 Å². The van der Waals surface area contributed by atoms with Crippen LogP contribution in [0.25, 0.3) is 17.0 Å². The normalized spacial score (nSPS) is 14.8. The average Bonchev–Trinajstić information content (AvgIpc) is 3.21. The van der Waals surface area contributed by atoms with E-state index < -0.39 is 11.6 Å². The summed E-state index contributed by atoms with van der Waals surface area (Å²) in [6.45, 7) is 1.04. The van der Waals surface area contributed by atoms with Gasteiger partial charge in [0.05, 0.1) is 0 Å². The van der Waals surface area contributed by atoms with E-state index in [1.54, 1.807) is 6.08 Å². The third-order valence-corrected chi connectivity index (χ3v) is 5.39. The van der Waals surface area contributed by atoms with Gasteiger partial charge in [-0.15, -0.1) is 0 Å². The van der Waals surface area contributed by atoms with Gasteiger partial charge in [-0.2, -0.15) is 0 Å². The van der Waals surface area contributed by atoms with Crippen LogP contribution in [0.15, 0.2) is 51.7 Å². The Kier molecular flexibility index (Phi) is 4.75. The molecule has 1 aliphatic carbocycles. The van der Waals surface area contributed by atoms with Crippen LogP contribution in [0.4, 0.5) is 0 Å². The largest absolute Gasteiger partial charge is 0.486 e. The summed E-state index contributed by atoms with van der Waals surface area (Å²) in [5.41, 5.74) is 4.04. The molecule has 2 aliphatic rings. The van der Waals surface area contributed by atoms with Crippen LogP contribution in [-0.2, 0) is 29.0 Å². The fraction of sp³-hybridized carbons (Fsp3) is 0.250. The van der Waals surface area contributed by atoms with Crippen molar-refractivity contribution in [2.75, 3.05) is 13.2 Å². The van der Waals surface area contributed by atoms with Crippen LogP contribution in [0.5, 0.6) is 11.5 Å². The van der Waals surface area contributed by atoms with Crippen molar-refractivity contribution >= 4 is 23.0 Å². The van der Waals surface area contributed by atoms with Gasteiger partial charge in [0.15, 0.2) is 11.5 Å². The van der Waals surface area contributed by atoms with Gasteiger partial charge in [-0.25, -0.2) is 9.59 Å². The average molecular weight is 404 g/mol. The molecule has 0 saturated heterocycles. The molecular weight excluding hydrogens is 384 g/mol. The number of ether oxygens (including phenoxy) is 3. The monoisotopic (exact) mass is 404 g/mol. The Labute approximate surface area is 172 Å². The van der Waals surface area contributed by atoms with Crippen molar-refractivity contribution < 1.29 is 23.4 Å². The zero-order chi connectivity index (χ0) is 20.5.